The lowest BCUT2D eigenvalue weighted by Crippen LogP contribution is -2.41. The van der Waals surface area contributed by atoms with Crippen molar-refractivity contribution in [1.29, 1.82) is 0 Å². The first-order valence-corrected chi connectivity index (χ1v) is 13.1. The first kappa shape index (κ1) is 22.4. The standard InChI is InChI=1S/C27H28Cl2FN3O/c1-14(2)24-21-23(31-32(24)13-15-6-4-3-5-7-15)27(34)33-25(21)17-9-8-16(28)12-19(17)18-10-11-20(29)22(30)26(18)33/h8-12,14-15,17,19,25H,3-7,13H2,1-2H3. The van der Waals surface area contributed by atoms with Gasteiger partial charge in [0.15, 0.2) is 11.5 Å². The molecule has 0 saturated heterocycles. The summed E-state index contributed by atoms with van der Waals surface area (Å²) >= 11 is 12.6. The van der Waals surface area contributed by atoms with E-state index >= 15 is 4.39 Å². The maximum Gasteiger partial charge on any atom is 0.279 e. The monoisotopic (exact) mass is 499 g/mol. The lowest BCUT2D eigenvalue weighted by Gasteiger charge is -2.43. The van der Waals surface area contributed by atoms with Crippen molar-refractivity contribution in [2.45, 2.75) is 70.4 Å². The summed E-state index contributed by atoms with van der Waals surface area (Å²) in [5.74, 6) is -0.208. The van der Waals surface area contributed by atoms with Crippen molar-refractivity contribution in [2.75, 3.05) is 4.90 Å². The number of allylic oxidation sites excluding steroid dienone is 3. The van der Waals surface area contributed by atoms with Crippen LogP contribution in [0, 0.1) is 17.7 Å². The smallest absolute Gasteiger partial charge is 0.279 e. The van der Waals surface area contributed by atoms with E-state index in [0.717, 1.165) is 23.4 Å². The van der Waals surface area contributed by atoms with Crippen LogP contribution < -0.4 is 4.90 Å². The zero-order chi connectivity index (χ0) is 23.7. The first-order chi connectivity index (χ1) is 16.4. The predicted octanol–water partition coefficient (Wildman–Crippen LogP) is 7.49. The molecule has 3 heterocycles. The number of aromatic nitrogens is 2. The van der Waals surface area contributed by atoms with E-state index in [-0.39, 0.29) is 40.4 Å². The van der Waals surface area contributed by atoms with Gasteiger partial charge in [-0.2, -0.15) is 5.10 Å². The molecule has 7 heteroatoms. The highest BCUT2D eigenvalue weighted by Crippen LogP contribution is 2.57. The Kier molecular flexibility index (Phi) is 5.42. The molecule has 178 valence electrons. The summed E-state index contributed by atoms with van der Waals surface area (Å²) in [6.45, 7) is 5.15. The number of nitrogens with zero attached hydrogens (tertiary/aromatic N) is 3. The van der Waals surface area contributed by atoms with E-state index in [0.29, 0.717) is 16.6 Å². The average molecular weight is 500 g/mol. The number of amides is 1. The number of rotatable bonds is 3. The van der Waals surface area contributed by atoms with Crippen molar-refractivity contribution < 1.29 is 9.18 Å². The van der Waals surface area contributed by atoms with Crippen LogP contribution in [0.4, 0.5) is 10.1 Å². The molecule has 2 aromatic rings. The fourth-order valence-corrected chi connectivity index (χ4v) is 6.96. The van der Waals surface area contributed by atoms with Gasteiger partial charge in [-0.25, -0.2) is 4.39 Å². The fraction of sp³-hybridized carbons (Fsp3) is 0.481. The second-order valence-corrected chi connectivity index (χ2v) is 11.3. The van der Waals surface area contributed by atoms with Crippen LogP contribution in [0.2, 0.25) is 5.02 Å². The molecular formula is C27H28Cl2FN3O. The lowest BCUT2D eigenvalue weighted by molar-refractivity contribution is 0.0976. The molecule has 3 atom stereocenters. The molecule has 0 bridgehead atoms. The maximum absolute atomic E-state index is 15.5. The molecule has 1 saturated carbocycles. The summed E-state index contributed by atoms with van der Waals surface area (Å²) in [7, 11) is 0. The van der Waals surface area contributed by atoms with E-state index in [1.54, 1.807) is 11.0 Å². The Balaban J connectivity index is 1.53. The molecule has 1 aromatic carbocycles. The van der Waals surface area contributed by atoms with Crippen LogP contribution in [0.15, 0.2) is 35.4 Å². The minimum Gasteiger partial charge on any atom is -0.295 e. The molecule has 1 amide bonds. The van der Waals surface area contributed by atoms with Crippen molar-refractivity contribution in [1.82, 2.24) is 9.78 Å². The number of halogens is 3. The summed E-state index contributed by atoms with van der Waals surface area (Å²) in [4.78, 5) is 15.5. The zero-order valence-corrected chi connectivity index (χ0v) is 20.9. The van der Waals surface area contributed by atoms with Crippen LogP contribution in [0.5, 0.6) is 0 Å². The van der Waals surface area contributed by atoms with Crippen LogP contribution in [0.3, 0.4) is 0 Å². The molecule has 1 fully saturated rings. The predicted molar refractivity (Wildman–Crippen MR) is 133 cm³/mol. The van der Waals surface area contributed by atoms with Crippen molar-refractivity contribution in [3.05, 3.63) is 68.7 Å². The van der Waals surface area contributed by atoms with E-state index in [4.69, 9.17) is 28.3 Å². The number of carbonyl (C=O) groups is 1. The van der Waals surface area contributed by atoms with E-state index < -0.39 is 5.82 Å². The van der Waals surface area contributed by atoms with Gasteiger partial charge in [0.2, 0.25) is 0 Å². The van der Waals surface area contributed by atoms with Gasteiger partial charge in [0.05, 0.1) is 16.8 Å². The molecule has 1 aromatic heterocycles. The highest BCUT2D eigenvalue weighted by molar-refractivity contribution is 6.32. The van der Waals surface area contributed by atoms with Gasteiger partial charge in [-0.15, -0.1) is 0 Å². The summed E-state index contributed by atoms with van der Waals surface area (Å²) in [6.07, 6.45) is 12.2. The topological polar surface area (TPSA) is 38.1 Å². The number of hydrogen-bond acceptors (Lipinski definition) is 2. The van der Waals surface area contributed by atoms with Gasteiger partial charge >= 0.3 is 0 Å². The van der Waals surface area contributed by atoms with Crippen LogP contribution in [0.1, 0.15) is 91.1 Å². The quantitative estimate of drug-likeness (QED) is 0.438. The van der Waals surface area contributed by atoms with Crippen molar-refractivity contribution >= 4 is 34.8 Å². The zero-order valence-electron chi connectivity index (χ0n) is 19.4. The fourth-order valence-electron chi connectivity index (χ4n) is 6.60. The largest absolute Gasteiger partial charge is 0.295 e. The lowest BCUT2D eigenvalue weighted by atomic mass is 9.72. The van der Waals surface area contributed by atoms with Crippen LogP contribution in [-0.2, 0) is 6.54 Å². The number of carbonyl (C=O) groups excluding carboxylic acids is 1. The summed E-state index contributed by atoms with van der Waals surface area (Å²) in [5.41, 5.74) is 3.52. The minimum atomic E-state index is -0.554. The number of fused-ring (bicyclic) bond motifs is 8. The van der Waals surface area contributed by atoms with Crippen LogP contribution >= 0.6 is 23.2 Å². The summed E-state index contributed by atoms with van der Waals surface area (Å²) in [5, 5.41) is 5.53. The molecule has 0 radical (unpaired) electrons. The Hall–Kier alpha value is -2.11. The summed E-state index contributed by atoms with van der Waals surface area (Å²) in [6, 6.07) is 3.06. The first-order valence-electron chi connectivity index (χ1n) is 12.3. The number of benzene rings is 1. The number of hydrogen-bond donors (Lipinski definition) is 0. The SMILES string of the molecule is CC(C)c1c2c(nn1CC1CCCCC1)C(=O)N1c3c(ccc(Cl)c3F)C3C=C(Cl)C=CC3C21. The molecule has 2 aliphatic carbocycles. The van der Waals surface area contributed by atoms with Crippen molar-refractivity contribution in [3.8, 4) is 0 Å². The van der Waals surface area contributed by atoms with Crippen LogP contribution in [-0.4, -0.2) is 15.7 Å². The highest BCUT2D eigenvalue weighted by atomic mass is 35.5. The highest BCUT2D eigenvalue weighted by Gasteiger charge is 2.53. The molecule has 0 N–H and O–H groups in total. The third-order valence-corrected chi connectivity index (χ3v) is 8.57. The second kappa shape index (κ2) is 8.23. The van der Waals surface area contributed by atoms with Crippen molar-refractivity contribution in [2.24, 2.45) is 11.8 Å². The number of anilines is 1. The molecule has 4 aliphatic rings. The second-order valence-electron chi connectivity index (χ2n) is 10.4. The normalized spacial score (nSPS) is 25.8. The van der Waals surface area contributed by atoms with E-state index in [1.807, 2.05) is 18.2 Å². The van der Waals surface area contributed by atoms with Gasteiger partial charge in [0, 0.05) is 34.7 Å². The maximum atomic E-state index is 15.5. The van der Waals surface area contributed by atoms with E-state index in [2.05, 4.69) is 24.6 Å². The summed E-state index contributed by atoms with van der Waals surface area (Å²) < 4.78 is 17.6. The molecular weight excluding hydrogens is 472 g/mol. The van der Waals surface area contributed by atoms with Gasteiger partial charge in [0.25, 0.3) is 5.91 Å². The Morgan fingerprint density at radius 2 is 1.94 bits per heavy atom. The molecule has 0 spiro atoms. The van der Waals surface area contributed by atoms with Gasteiger partial charge < -0.3 is 0 Å². The molecule has 3 unspecified atom stereocenters. The van der Waals surface area contributed by atoms with E-state index in [9.17, 15) is 4.79 Å². The van der Waals surface area contributed by atoms with Gasteiger partial charge in [0.1, 0.15) is 0 Å². The Morgan fingerprint density at radius 1 is 1.18 bits per heavy atom. The minimum absolute atomic E-state index is 0.0150. The van der Waals surface area contributed by atoms with Crippen molar-refractivity contribution in [3.63, 3.8) is 0 Å². The Labute approximate surface area is 209 Å². The molecule has 6 rings (SSSR count). The molecule has 2 aliphatic heterocycles. The molecule has 4 nitrogen and oxygen atoms in total. The van der Waals surface area contributed by atoms with Crippen LogP contribution in [0.25, 0.3) is 0 Å². The van der Waals surface area contributed by atoms with E-state index in [1.165, 1.54) is 32.1 Å². The van der Waals surface area contributed by atoms with Gasteiger partial charge in [-0.05, 0) is 42.4 Å². The Morgan fingerprint density at radius 3 is 2.68 bits per heavy atom. The van der Waals surface area contributed by atoms with Gasteiger partial charge in [-0.3, -0.25) is 14.4 Å². The third-order valence-electron chi connectivity index (χ3n) is 8.02. The third kappa shape index (κ3) is 3.23. The molecule has 34 heavy (non-hydrogen) atoms. The average Bonchev–Trinajstić information content (AvgIpc) is 3.31. The Bertz CT molecular complexity index is 1240. The van der Waals surface area contributed by atoms with Gasteiger partial charge in [-0.1, -0.05) is 74.5 Å².